The van der Waals surface area contributed by atoms with Crippen LogP contribution in [0.3, 0.4) is 0 Å². The van der Waals surface area contributed by atoms with E-state index in [0.717, 1.165) is 11.1 Å². The number of rotatable bonds is 8. The fraction of sp³-hybridized carbons (Fsp3) is 0.364. The highest BCUT2D eigenvalue weighted by Crippen LogP contribution is 2.24. The number of benzene rings is 2. The number of hydrogen-bond donors (Lipinski definition) is 1. The van der Waals surface area contributed by atoms with Crippen molar-refractivity contribution in [2.24, 2.45) is 0 Å². The summed E-state index contributed by atoms with van der Waals surface area (Å²) in [7, 11) is 0. The minimum absolute atomic E-state index is 0.0318. The maximum absolute atomic E-state index is 12.9. The summed E-state index contributed by atoms with van der Waals surface area (Å²) in [6.07, 6.45) is 0. The van der Waals surface area contributed by atoms with Gasteiger partial charge in [-0.2, -0.15) is 0 Å². The Morgan fingerprint density at radius 2 is 1.69 bits per heavy atom. The number of nitrogens with one attached hydrogen (secondary N) is 1. The van der Waals surface area contributed by atoms with E-state index in [1.54, 1.807) is 37.3 Å². The van der Waals surface area contributed by atoms with Crippen molar-refractivity contribution in [3.8, 4) is 5.75 Å². The molecule has 1 N–H and O–H groups in total. The largest absolute Gasteiger partial charge is 0.484 e. The molecule has 0 unspecified atom stereocenters. The van der Waals surface area contributed by atoms with Gasteiger partial charge in [0, 0.05) is 12.6 Å². The minimum atomic E-state index is -0.680. The highest BCUT2D eigenvalue weighted by Gasteiger charge is 2.27. The molecule has 0 aliphatic carbocycles. The van der Waals surface area contributed by atoms with Crippen LogP contribution in [0.25, 0.3) is 0 Å². The van der Waals surface area contributed by atoms with Crippen molar-refractivity contribution in [3.05, 3.63) is 63.6 Å². The van der Waals surface area contributed by atoms with Gasteiger partial charge in [0.25, 0.3) is 5.91 Å². The molecule has 1 atom stereocenters. The van der Waals surface area contributed by atoms with E-state index in [1.165, 1.54) is 4.90 Å². The third-order valence-electron chi connectivity index (χ3n) is 4.32. The van der Waals surface area contributed by atoms with E-state index in [4.69, 9.17) is 27.9 Å². The molecule has 0 aliphatic rings. The second-order valence-corrected chi connectivity index (χ2v) is 8.03. The van der Waals surface area contributed by atoms with E-state index in [2.05, 4.69) is 5.32 Å². The molecule has 7 heteroatoms. The van der Waals surface area contributed by atoms with Crippen LogP contribution in [-0.4, -0.2) is 35.4 Å². The predicted octanol–water partition coefficient (Wildman–Crippen LogP) is 4.62. The number of nitrogens with zero attached hydrogens (tertiary/aromatic N) is 1. The van der Waals surface area contributed by atoms with Crippen LogP contribution >= 0.6 is 23.2 Å². The number of hydrogen-bond acceptors (Lipinski definition) is 3. The van der Waals surface area contributed by atoms with Gasteiger partial charge >= 0.3 is 0 Å². The van der Waals surface area contributed by atoms with Crippen LogP contribution in [0.15, 0.2) is 42.5 Å². The van der Waals surface area contributed by atoms with E-state index in [9.17, 15) is 9.59 Å². The molecule has 156 valence electrons. The molecule has 0 saturated carbocycles. The normalized spacial score (nSPS) is 11.8. The molecule has 2 rings (SSSR count). The summed E-state index contributed by atoms with van der Waals surface area (Å²) < 4.78 is 5.63. The summed E-state index contributed by atoms with van der Waals surface area (Å²) in [4.78, 5) is 26.9. The summed E-state index contributed by atoms with van der Waals surface area (Å²) in [5.41, 5.74) is 1.87. The molecule has 0 bridgehead atoms. The second-order valence-electron chi connectivity index (χ2n) is 7.21. The van der Waals surface area contributed by atoms with E-state index >= 15 is 0 Å². The number of carbonyl (C=O) groups is 2. The standard InChI is InChI=1S/C22H26Cl2N2O3/c1-14(2)25-22(28)16(4)26(12-17-7-10-19(23)20(24)11-17)21(27)13-29-18-8-5-15(3)6-9-18/h5-11,14,16H,12-13H2,1-4H3,(H,25,28)/t16-/m0/s1. The van der Waals surface area contributed by atoms with Crippen molar-refractivity contribution in [1.82, 2.24) is 10.2 Å². The summed E-state index contributed by atoms with van der Waals surface area (Å²) >= 11 is 12.1. The van der Waals surface area contributed by atoms with Gasteiger partial charge in [-0.3, -0.25) is 9.59 Å². The first-order valence-corrected chi connectivity index (χ1v) is 10.2. The lowest BCUT2D eigenvalue weighted by Crippen LogP contribution is -2.50. The number of carbonyl (C=O) groups excluding carboxylic acids is 2. The van der Waals surface area contributed by atoms with Crippen molar-refractivity contribution < 1.29 is 14.3 Å². The van der Waals surface area contributed by atoms with Crippen LogP contribution in [-0.2, 0) is 16.1 Å². The lowest BCUT2D eigenvalue weighted by molar-refractivity contribution is -0.142. The lowest BCUT2D eigenvalue weighted by Gasteiger charge is -2.29. The van der Waals surface area contributed by atoms with Gasteiger partial charge in [0.05, 0.1) is 10.0 Å². The van der Waals surface area contributed by atoms with Crippen molar-refractivity contribution >= 4 is 35.0 Å². The number of halogens is 2. The third-order valence-corrected chi connectivity index (χ3v) is 5.06. The van der Waals surface area contributed by atoms with Crippen molar-refractivity contribution in [2.45, 2.75) is 46.3 Å². The highest BCUT2D eigenvalue weighted by molar-refractivity contribution is 6.42. The molecule has 0 radical (unpaired) electrons. The van der Waals surface area contributed by atoms with Gasteiger partial charge in [-0.05, 0) is 57.5 Å². The Labute approximate surface area is 181 Å². The summed E-state index contributed by atoms with van der Waals surface area (Å²) in [5, 5.41) is 3.67. The monoisotopic (exact) mass is 436 g/mol. The van der Waals surface area contributed by atoms with Gasteiger partial charge in [0.1, 0.15) is 11.8 Å². The quantitative estimate of drug-likeness (QED) is 0.656. The summed E-state index contributed by atoms with van der Waals surface area (Å²) in [6, 6.07) is 11.9. The Hall–Kier alpha value is -2.24. The first-order chi connectivity index (χ1) is 13.7. The molecule has 2 aromatic carbocycles. The maximum Gasteiger partial charge on any atom is 0.261 e. The molecular weight excluding hydrogens is 411 g/mol. The molecule has 0 heterocycles. The fourth-order valence-corrected chi connectivity index (χ4v) is 3.01. The Morgan fingerprint density at radius 1 is 1.03 bits per heavy atom. The van der Waals surface area contributed by atoms with E-state index in [-0.39, 0.29) is 31.0 Å². The van der Waals surface area contributed by atoms with Crippen LogP contribution in [0.2, 0.25) is 10.0 Å². The molecule has 0 aliphatic heterocycles. The SMILES string of the molecule is Cc1ccc(OCC(=O)N(Cc2ccc(Cl)c(Cl)c2)[C@@H](C)C(=O)NC(C)C)cc1. The molecule has 2 amide bonds. The Morgan fingerprint density at radius 3 is 2.28 bits per heavy atom. The van der Waals surface area contributed by atoms with Crippen LogP contribution in [0.5, 0.6) is 5.75 Å². The van der Waals surface area contributed by atoms with Gasteiger partial charge in [-0.25, -0.2) is 0 Å². The van der Waals surface area contributed by atoms with Crippen LogP contribution in [0.4, 0.5) is 0 Å². The first kappa shape index (κ1) is 23.0. The number of ether oxygens (including phenoxy) is 1. The molecule has 2 aromatic rings. The van der Waals surface area contributed by atoms with Crippen molar-refractivity contribution in [3.63, 3.8) is 0 Å². The fourth-order valence-electron chi connectivity index (χ4n) is 2.68. The van der Waals surface area contributed by atoms with Gasteiger partial charge in [0.15, 0.2) is 6.61 Å². The molecule has 5 nitrogen and oxygen atoms in total. The molecule has 0 saturated heterocycles. The van der Waals surface area contributed by atoms with Gasteiger partial charge in [-0.15, -0.1) is 0 Å². The van der Waals surface area contributed by atoms with Crippen LogP contribution in [0, 0.1) is 6.92 Å². The second kappa shape index (κ2) is 10.5. The van der Waals surface area contributed by atoms with Crippen LogP contribution < -0.4 is 10.1 Å². The molecule has 0 fully saturated rings. The van der Waals surface area contributed by atoms with E-state index < -0.39 is 6.04 Å². The average molecular weight is 437 g/mol. The number of amides is 2. The summed E-state index contributed by atoms with van der Waals surface area (Å²) in [5.74, 6) is 0.0597. The Bertz CT molecular complexity index is 854. The van der Waals surface area contributed by atoms with Crippen molar-refractivity contribution in [1.29, 1.82) is 0 Å². The van der Waals surface area contributed by atoms with Crippen LogP contribution in [0.1, 0.15) is 31.9 Å². The van der Waals surface area contributed by atoms with E-state index in [0.29, 0.717) is 15.8 Å². The topological polar surface area (TPSA) is 58.6 Å². The average Bonchev–Trinajstić information content (AvgIpc) is 2.67. The number of aryl methyl sites for hydroxylation is 1. The predicted molar refractivity (Wildman–Crippen MR) is 116 cm³/mol. The third kappa shape index (κ3) is 6.94. The van der Waals surface area contributed by atoms with Gasteiger partial charge in [-0.1, -0.05) is 47.0 Å². The highest BCUT2D eigenvalue weighted by atomic mass is 35.5. The van der Waals surface area contributed by atoms with Crippen molar-refractivity contribution in [2.75, 3.05) is 6.61 Å². The Kier molecular flexibility index (Phi) is 8.35. The molecule has 29 heavy (non-hydrogen) atoms. The smallest absolute Gasteiger partial charge is 0.261 e. The molecule has 0 aromatic heterocycles. The Balaban J connectivity index is 2.17. The lowest BCUT2D eigenvalue weighted by atomic mass is 10.1. The first-order valence-electron chi connectivity index (χ1n) is 9.40. The zero-order chi connectivity index (χ0) is 21.6. The zero-order valence-corrected chi connectivity index (χ0v) is 18.6. The maximum atomic E-state index is 12.9. The van der Waals surface area contributed by atoms with E-state index in [1.807, 2.05) is 32.9 Å². The minimum Gasteiger partial charge on any atom is -0.484 e. The molecule has 0 spiro atoms. The summed E-state index contributed by atoms with van der Waals surface area (Å²) in [6.45, 7) is 7.44. The zero-order valence-electron chi connectivity index (χ0n) is 17.0. The molecular formula is C22H26Cl2N2O3. The van der Waals surface area contributed by atoms with Gasteiger partial charge in [0.2, 0.25) is 5.91 Å². The van der Waals surface area contributed by atoms with Gasteiger partial charge < -0.3 is 15.0 Å².